The fourth-order valence-corrected chi connectivity index (χ4v) is 2.10. The summed E-state index contributed by atoms with van der Waals surface area (Å²) < 4.78 is 0. The van der Waals surface area contributed by atoms with E-state index in [1.807, 2.05) is 21.0 Å². The van der Waals surface area contributed by atoms with Crippen LogP contribution in [0.25, 0.3) is 0 Å². The van der Waals surface area contributed by atoms with Crippen LogP contribution in [0, 0.1) is 0 Å². The molecule has 5 nitrogen and oxygen atoms in total. The number of halogens is 1. The van der Waals surface area contributed by atoms with E-state index in [-0.39, 0.29) is 5.28 Å². The number of nitrogens with one attached hydrogen (secondary N) is 1. The highest BCUT2D eigenvalue weighted by atomic mass is 35.5. The van der Waals surface area contributed by atoms with E-state index in [4.69, 9.17) is 11.6 Å². The van der Waals surface area contributed by atoms with Gasteiger partial charge >= 0.3 is 0 Å². The third kappa shape index (κ3) is 4.96. The smallest absolute Gasteiger partial charge is 0.228 e. The summed E-state index contributed by atoms with van der Waals surface area (Å²) in [5.41, 5.74) is 0. The van der Waals surface area contributed by atoms with Crippen LogP contribution in [0.3, 0.4) is 0 Å². The predicted octanol–water partition coefficient (Wildman–Crippen LogP) is 1.61. The maximum atomic E-state index is 5.80. The van der Waals surface area contributed by atoms with E-state index < -0.39 is 0 Å². The van der Waals surface area contributed by atoms with E-state index >= 15 is 0 Å². The lowest BCUT2D eigenvalue weighted by Crippen LogP contribution is -2.15. The summed E-state index contributed by atoms with van der Waals surface area (Å²) in [6.45, 7) is 3.73. The zero-order valence-corrected chi connectivity index (χ0v) is 11.3. The maximum absolute atomic E-state index is 5.80. The second-order valence-electron chi connectivity index (χ2n) is 3.39. The van der Waals surface area contributed by atoms with Gasteiger partial charge < -0.3 is 10.2 Å². The first-order valence-electron chi connectivity index (χ1n) is 5.04. The molecule has 1 rings (SSSR count). The average molecular weight is 262 g/mol. The lowest BCUT2D eigenvalue weighted by Gasteiger charge is -2.08. The molecule has 0 bridgehead atoms. The number of rotatable bonds is 6. The number of hydrogen-bond acceptors (Lipinski definition) is 6. The van der Waals surface area contributed by atoms with E-state index in [1.54, 1.807) is 11.8 Å². The molecular formula is C9H16ClN5S. The molecule has 7 heteroatoms. The normalized spacial score (nSPS) is 10.8. The van der Waals surface area contributed by atoms with Gasteiger partial charge in [-0.2, -0.15) is 15.0 Å². The Balaban J connectivity index is 2.58. The van der Waals surface area contributed by atoms with Crippen molar-refractivity contribution >= 4 is 29.3 Å². The molecule has 0 spiro atoms. The van der Waals surface area contributed by atoms with Crippen LogP contribution in [0.4, 0.5) is 5.95 Å². The molecule has 16 heavy (non-hydrogen) atoms. The molecule has 0 radical (unpaired) electrons. The molecule has 1 aromatic rings. The van der Waals surface area contributed by atoms with Crippen LogP contribution in [-0.2, 0) is 0 Å². The molecule has 0 saturated heterocycles. The van der Waals surface area contributed by atoms with Gasteiger partial charge in [-0.15, -0.1) is 0 Å². The summed E-state index contributed by atoms with van der Waals surface area (Å²) in [5, 5.41) is 3.92. The van der Waals surface area contributed by atoms with Crippen molar-refractivity contribution < 1.29 is 0 Å². The summed E-state index contributed by atoms with van der Waals surface area (Å²) in [6.07, 6.45) is 0. The third-order valence-corrected chi connectivity index (χ3v) is 2.69. The van der Waals surface area contributed by atoms with Crippen molar-refractivity contribution in [2.75, 3.05) is 38.3 Å². The highest BCUT2D eigenvalue weighted by molar-refractivity contribution is 7.99. The summed E-state index contributed by atoms with van der Waals surface area (Å²) in [7, 11) is 4.07. The van der Waals surface area contributed by atoms with Crippen molar-refractivity contribution in [1.29, 1.82) is 0 Å². The topological polar surface area (TPSA) is 53.9 Å². The van der Waals surface area contributed by atoms with E-state index in [9.17, 15) is 0 Å². The van der Waals surface area contributed by atoms with Gasteiger partial charge in [0.05, 0.1) is 0 Å². The van der Waals surface area contributed by atoms with Crippen molar-refractivity contribution in [3.63, 3.8) is 0 Å². The molecule has 1 aromatic heterocycles. The Bertz CT molecular complexity index is 334. The molecule has 0 unspecified atom stereocenters. The Morgan fingerprint density at radius 3 is 2.69 bits per heavy atom. The van der Waals surface area contributed by atoms with Gasteiger partial charge in [-0.05, 0) is 32.6 Å². The first kappa shape index (κ1) is 13.5. The van der Waals surface area contributed by atoms with Gasteiger partial charge in [-0.25, -0.2) is 0 Å². The molecule has 1 N–H and O–H groups in total. The minimum atomic E-state index is 0.235. The van der Waals surface area contributed by atoms with E-state index in [0.29, 0.717) is 11.1 Å². The molecule has 0 amide bonds. The number of aromatic nitrogens is 3. The van der Waals surface area contributed by atoms with Crippen LogP contribution in [0.15, 0.2) is 5.16 Å². The van der Waals surface area contributed by atoms with Crippen molar-refractivity contribution in [2.24, 2.45) is 0 Å². The first-order valence-corrected chi connectivity index (χ1v) is 6.41. The zero-order chi connectivity index (χ0) is 12.0. The molecule has 0 aliphatic heterocycles. The maximum Gasteiger partial charge on any atom is 0.228 e. The number of hydrogen-bond donors (Lipinski definition) is 1. The fraction of sp³-hybridized carbons (Fsp3) is 0.667. The number of nitrogens with zero attached hydrogens (tertiary/aromatic N) is 4. The van der Waals surface area contributed by atoms with E-state index in [2.05, 4.69) is 25.2 Å². The van der Waals surface area contributed by atoms with Crippen LogP contribution in [0.5, 0.6) is 0 Å². The number of thioether (sulfide) groups is 1. The minimum Gasteiger partial charge on any atom is -0.354 e. The molecule has 0 fully saturated rings. The van der Waals surface area contributed by atoms with Gasteiger partial charge in [0.25, 0.3) is 0 Å². The Kier molecular flexibility index (Phi) is 5.79. The van der Waals surface area contributed by atoms with Gasteiger partial charge in [0.15, 0.2) is 5.16 Å². The van der Waals surface area contributed by atoms with Crippen LogP contribution in [0.1, 0.15) is 6.92 Å². The molecule has 0 aromatic carbocycles. The van der Waals surface area contributed by atoms with Crippen molar-refractivity contribution in [1.82, 2.24) is 19.9 Å². The van der Waals surface area contributed by atoms with Crippen molar-refractivity contribution in [3.05, 3.63) is 5.28 Å². The van der Waals surface area contributed by atoms with E-state index in [0.717, 1.165) is 18.8 Å². The summed E-state index contributed by atoms with van der Waals surface area (Å²) in [4.78, 5) is 14.4. The summed E-state index contributed by atoms with van der Waals surface area (Å²) in [5.74, 6) is 1.47. The molecule has 0 saturated carbocycles. The monoisotopic (exact) mass is 261 g/mol. The summed E-state index contributed by atoms with van der Waals surface area (Å²) >= 11 is 7.38. The standard InChI is InChI=1S/C9H16ClN5S/c1-4-11-8-12-7(10)13-9(14-8)16-6-5-15(2)3/h4-6H2,1-3H3,(H,11,12,13,14). The van der Waals surface area contributed by atoms with Crippen LogP contribution < -0.4 is 5.32 Å². The van der Waals surface area contributed by atoms with Gasteiger partial charge in [0, 0.05) is 18.8 Å². The van der Waals surface area contributed by atoms with Crippen molar-refractivity contribution in [3.8, 4) is 0 Å². The van der Waals surface area contributed by atoms with Gasteiger partial charge in [-0.1, -0.05) is 11.8 Å². The number of anilines is 1. The quantitative estimate of drug-likeness (QED) is 0.786. The van der Waals surface area contributed by atoms with E-state index in [1.165, 1.54) is 0 Å². The zero-order valence-electron chi connectivity index (χ0n) is 9.70. The van der Waals surface area contributed by atoms with Crippen LogP contribution in [0.2, 0.25) is 5.28 Å². The minimum absolute atomic E-state index is 0.235. The summed E-state index contributed by atoms with van der Waals surface area (Å²) in [6, 6.07) is 0. The fourth-order valence-electron chi connectivity index (χ4n) is 0.953. The Morgan fingerprint density at radius 1 is 1.31 bits per heavy atom. The Hall–Kier alpha value is -0.590. The molecule has 0 aliphatic carbocycles. The Labute approximate surface area is 105 Å². The molecule has 1 heterocycles. The van der Waals surface area contributed by atoms with Gasteiger partial charge in [-0.3, -0.25) is 0 Å². The first-order chi connectivity index (χ1) is 7.61. The lowest BCUT2D eigenvalue weighted by molar-refractivity contribution is 0.437. The van der Waals surface area contributed by atoms with Crippen LogP contribution in [-0.4, -0.2) is 52.8 Å². The Morgan fingerprint density at radius 2 is 2.06 bits per heavy atom. The van der Waals surface area contributed by atoms with Gasteiger partial charge in [0.2, 0.25) is 11.2 Å². The van der Waals surface area contributed by atoms with Crippen molar-refractivity contribution in [2.45, 2.75) is 12.1 Å². The molecule has 0 atom stereocenters. The second-order valence-corrected chi connectivity index (χ2v) is 4.79. The SMILES string of the molecule is CCNc1nc(Cl)nc(SCCN(C)C)n1. The molecular weight excluding hydrogens is 246 g/mol. The third-order valence-electron chi connectivity index (χ3n) is 1.69. The second kappa shape index (κ2) is 6.88. The molecule has 90 valence electrons. The molecule has 0 aliphatic rings. The van der Waals surface area contributed by atoms with Crippen LogP contribution >= 0.6 is 23.4 Å². The highest BCUT2D eigenvalue weighted by Crippen LogP contribution is 2.16. The lowest BCUT2D eigenvalue weighted by atomic mass is 10.7. The highest BCUT2D eigenvalue weighted by Gasteiger charge is 2.04. The largest absolute Gasteiger partial charge is 0.354 e. The average Bonchev–Trinajstić information content (AvgIpc) is 2.16. The van der Waals surface area contributed by atoms with Gasteiger partial charge in [0.1, 0.15) is 0 Å². The predicted molar refractivity (Wildman–Crippen MR) is 68.3 cm³/mol.